The van der Waals surface area contributed by atoms with Crippen molar-refractivity contribution in [3.63, 3.8) is 0 Å². The first-order chi connectivity index (χ1) is 6.24. The number of unbranched alkanes of at least 4 members (excludes halogenated alkanes) is 1. The Balaban J connectivity index is 2.12. The largest absolute Gasteiger partial charge is 0.373 e. The van der Waals surface area contributed by atoms with Crippen LogP contribution in [0.15, 0.2) is 0 Å². The molecule has 1 rings (SSSR count). The minimum atomic E-state index is 0.557. The first kappa shape index (κ1) is 11.0. The summed E-state index contributed by atoms with van der Waals surface area (Å²) in [6, 6.07) is 0.652. The van der Waals surface area contributed by atoms with E-state index in [1.807, 2.05) is 0 Å². The zero-order valence-electron chi connectivity index (χ0n) is 9.18. The van der Waals surface area contributed by atoms with Crippen LogP contribution in [-0.4, -0.2) is 25.3 Å². The molecule has 2 nitrogen and oxygen atoms in total. The van der Waals surface area contributed by atoms with Gasteiger partial charge >= 0.3 is 0 Å². The maximum Gasteiger partial charge on any atom is 0.0824 e. The molecule has 0 unspecified atom stereocenters. The second kappa shape index (κ2) is 5.61. The van der Waals surface area contributed by atoms with Gasteiger partial charge in [0.25, 0.3) is 0 Å². The van der Waals surface area contributed by atoms with E-state index in [0.29, 0.717) is 12.1 Å². The maximum absolute atomic E-state index is 5.26. The SMILES string of the molecule is CCCCN[C@H](C[C@@H]1CO1)C(C)C. The lowest BCUT2D eigenvalue weighted by Gasteiger charge is -2.21. The molecule has 1 N–H and O–H groups in total. The van der Waals surface area contributed by atoms with Crippen molar-refractivity contribution in [3.05, 3.63) is 0 Å². The van der Waals surface area contributed by atoms with Gasteiger partial charge in [-0.05, 0) is 25.3 Å². The molecule has 0 spiro atoms. The van der Waals surface area contributed by atoms with Gasteiger partial charge in [0.1, 0.15) is 0 Å². The number of nitrogens with one attached hydrogen (secondary N) is 1. The van der Waals surface area contributed by atoms with Crippen LogP contribution in [0.2, 0.25) is 0 Å². The van der Waals surface area contributed by atoms with Gasteiger partial charge in [0.05, 0.1) is 12.7 Å². The third kappa shape index (κ3) is 4.63. The summed E-state index contributed by atoms with van der Waals surface area (Å²) >= 11 is 0. The summed E-state index contributed by atoms with van der Waals surface area (Å²) in [4.78, 5) is 0. The molecule has 0 saturated carbocycles. The van der Waals surface area contributed by atoms with E-state index in [-0.39, 0.29) is 0 Å². The molecular formula is C11H23NO. The molecule has 13 heavy (non-hydrogen) atoms. The minimum absolute atomic E-state index is 0.557. The van der Waals surface area contributed by atoms with Crippen molar-refractivity contribution < 1.29 is 4.74 Å². The second-order valence-corrected chi connectivity index (χ2v) is 4.35. The zero-order valence-corrected chi connectivity index (χ0v) is 9.18. The highest BCUT2D eigenvalue weighted by Crippen LogP contribution is 2.19. The topological polar surface area (TPSA) is 24.6 Å². The molecule has 0 aromatic rings. The Bertz CT molecular complexity index is 132. The van der Waals surface area contributed by atoms with Crippen LogP contribution in [0.4, 0.5) is 0 Å². The third-order valence-electron chi connectivity index (χ3n) is 2.66. The summed E-state index contributed by atoms with van der Waals surface area (Å²) in [5, 5.41) is 3.61. The standard InChI is InChI=1S/C11H23NO/c1-4-5-6-12-11(9(2)3)7-10-8-13-10/h9-12H,4-8H2,1-3H3/t10-,11-/m1/s1. The highest BCUT2D eigenvalue weighted by molar-refractivity contribution is 4.80. The highest BCUT2D eigenvalue weighted by Gasteiger charge is 2.27. The molecule has 0 aromatic carbocycles. The maximum atomic E-state index is 5.26. The van der Waals surface area contributed by atoms with Crippen LogP contribution < -0.4 is 5.32 Å². The van der Waals surface area contributed by atoms with E-state index in [9.17, 15) is 0 Å². The van der Waals surface area contributed by atoms with Crippen LogP contribution >= 0.6 is 0 Å². The molecule has 0 amide bonds. The number of hydrogen-bond donors (Lipinski definition) is 1. The first-order valence-corrected chi connectivity index (χ1v) is 5.59. The normalized spacial score (nSPS) is 23.5. The van der Waals surface area contributed by atoms with Crippen molar-refractivity contribution in [1.29, 1.82) is 0 Å². The average molecular weight is 185 g/mol. The van der Waals surface area contributed by atoms with Crippen molar-refractivity contribution in [2.24, 2.45) is 5.92 Å². The van der Waals surface area contributed by atoms with Gasteiger partial charge in [0.2, 0.25) is 0 Å². The fourth-order valence-electron chi connectivity index (χ4n) is 1.54. The number of hydrogen-bond acceptors (Lipinski definition) is 2. The lowest BCUT2D eigenvalue weighted by molar-refractivity contribution is 0.317. The van der Waals surface area contributed by atoms with Crippen LogP contribution in [0.25, 0.3) is 0 Å². The molecular weight excluding hydrogens is 162 g/mol. The van der Waals surface area contributed by atoms with E-state index in [1.54, 1.807) is 0 Å². The van der Waals surface area contributed by atoms with Gasteiger partial charge in [-0.2, -0.15) is 0 Å². The fraction of sp³-hybridized carbons (Fsp3) is 1.00. The van der Waals surface area contributed by atoms with Crippen molar-refractivity contribution in [2.75, 3.05) is 13.2 Å². The molecule has 0 aliphatic carbocycles. The van der Waals surface area contributed by atoms with Crippen molar-refractivity contribution in [3.8, 4) is 0 Å². The first-order valence-electron chi connectivity index (χ1n) is 5.59. The Morgan fingerprint density at radius 3 is 2.62 bits per heavy atom. The summed E-state index contributed by atoms with van der Waals surface area (Å²) in [6.45, 7) is 8.94. The average Bonchev–Trinajstić information content (AvgIpc) is 2.86. The van der Waals surface area contributed by atoms with E-state index in [1.165, 1.54) is 19.3 Å². The summed E-state index contributed by atoms with van der Waals surface area (Å²) in [5.74, 6) is 0.723. The summed E-state index contributed by atoms with van der Waals surface area (Å²) < 4.78 is 5.26. The van der Waals surface area contributed by atoms with E-state index in [4.69, 9.17) is 4.74 Å². The van der Waals surface area contributed by atoms with Crippen LogP contribution in [-0.2, 0) is 4.74 Å². The number of epoxide rings is 1. The van der Waals surface area contributed by atoms with Gasteiger partial charge in [-0.3, -0.25) is 0 Å². The van der Waals surface area contributed by atoms with Crippen LogP contribution in [0.3, 0.4) is 0 Å². The van der Waals surface area contributed by atoms with Gasteiger partial charge in [-0.15, -0.1) is 0 Å². The van der Waals surface area contributed by atoms with Gasteiger partial charge in [-0.25, -0.2) is 0 Å². The van der Waals surface area contributed by atoms with E-state index in [2.05, 4.69) is 26.1 Å². The second-order valence-electron chi connectivity index (χ2n) is 4.35. The molecule has 1 aliphatic heterocycles. The van der Waals surface area contributed by atoms with E-state index in [0.717, 1.165) is 19.1 Å². The fourth-order valence-corrected chi connectivity index (χ4v) is 1.54. The van der Waals surface area contributed by atoms with Gasteiger partial charge in [0.15, 0.2) is 0 Å². The predicted molar refractivity (Wildman–Crippen MR) is 55.9 cm³/mol. The van der Waals surface area contributed by atoms with Crippen molar-refractivity contribution >= 4 is 0 Å². The van der Waals surface area contributed by atoms with Crippen LogP contribution in [0, 0.1) is 5.92 Å². The Morgan fingerprint density at radius 1 is 1.46 bits per heavy atom. The molecule has 0 bridgehead atoms. The van der Waals surface area contributed by atoms with E-state index >= 15 is 0 Å². The lowest BCUT2D eigenvalue weighted by atomic mass is 9.99. The molecule has 1 fully saturated rings. The third-order valence-corrected chi connectivity index (χ3v) is 2.66. The lowest BCUT2D eigenvalue weighted by Crippen LogP contribution is -2.35. The quantitative estimate of drug-likeness (QED) is 0.486. The smallest absolute Gasteiger partial charge is 0.0824 e. The zero-order chi connectivity index (χ0) is 9.68. The van der Waals surface area contributed by atoms with Crippen molar-refractivity contribution in [2.45, 2.75) is 52.2 Å². The highest BCUT2D eigenvalue weighted by atomic mass is 16.6. The van der Waals surface area contributed by atoms with Crippen LogP contribution in [0.1, 0.15) is 40.0 Å². The Hall–Kier alpha value is -0.0800. The molecule has 2 atom stereocenters. The van der Waals surface area contributed by atoms with Gasteiger partial charge < -0.3 is 10.1 Å². The molecule has 1 heterocycles. The number of ether oxygens (including phenoxy) is 1. The van der Waals surface area contributed by atoms with E-state index < -0.39 is 0 Å². The summed E-state index contributed by atoms with van der Waals surface area (Å²) in [6.07, 6.45) is 4.31. The Labute approximate surface area is 82.0 Å². The molecule has 2 heteroatoms. The Kier molecular flexibility index (Phi) is 4.74. The molecule has 1 aliphatic rings. The molecule has 0 radical (unpaired) electrons. The molecule has 78 valence electrons. The van der Waals surface area contributed by atoms with Crippen LogP contribution in [0.5, 0.6) is 0 Å². The monoisotopic (exact) mass is 185 g/mol. The molecule has 0 aromatic heterocycles. The summed E-state index contributed by atoms with van der Waals surface area (Å²) in [5.41, 5.74) is 0. The van der Waals surface area contributed by atoms with Gasteiger partial charge in [0, 0.05) is 6.04 Å². The number of rotatable bonds is 7. The minimum Gasteiger partial charge on any atom is -0.373 e. The summed E-state index contributed by atoms with van der Waals surface area (Å²) in [7, 11) is 0. The predicted octanol–water partition coefficient (Wildman–Crippen LogP) is 2.19. The Morgan fingerprint density at radius 2 is 2.15 bits per heavy atom. The van der Waals surface area contributed by atoms with Gasteiger partial charge in [-0.1, -0.05) is 27.2 Å². The molecule has 1 saturated heterocycles. The van der Waals surface area contributed by atoms with Crippen molar-refractivity contribution in [1.82, 2.24) is 5.32 Å².